The molecule has 0 aliphatic carbocycles. The van der Waals surface area contributed by atoms with Crippen LogP contribution in [0.5, 0.6) is 0 Å². The number of thioether (sulfide) groups is 1. The lowest BCUT2D eigenvalue weighted by Crippen LogP contribution is -2.07. The Balaban J connectivity index is 2.38. The molecule has 0 aliphatic rings. The summed E-state index contributed by atoms with van der Waals surface area (Å²) in [5, 5.41) is 4.60. The lowest BCUT2D eigenvalue weighted by atomic mass is 10.3. The van der Waals surface area contributed by atoms with Gasteiger partial charge in [-0.05, 0) is 12.7 Å². The largest absolute Gasteiger partial charge is 0.465 e. The van der Waals surface area contributed by atoms with Crippen molar-refractivity contribution >= 4 is 34.2 Å². The van der Waals surface area contributed by atoms with E-state index >= 15 is 0 Å². The minimum absolute atomic E-state index is 0.331. The number of methoxy groups -OCH3 is 1. The molecule has 16 heavy (non-hydrogen) atoms. The molecule has 90 valence electrons. The van der Waals surface area contributed by atoms with Crippen molar-refractivity contribution in [3.8, 4) is 0 Å². The molecule has 0 saturated heterocycles. The van der Waals surface area contributed by atoms with E-state index in [1.54, 1.807) is 0 Å². The van der Waals surface area contributed by atoms with Crippen molar-refractivity contribution < 1.29 is 9.53 Å². The SMILES string of the molecule is COC(=O)c1cnc(NCCC(C)SC)s1. The van der Waals surface area contributed by atoms with Crippen LogP contribution in [-0.4, -0.2) is 36.1 Å². The summed E-state index contributed by atoms with van der Waals surface area (Å²) >= 11 is 3.16. The maximum atomic E-state index is 11.2. The van der Waals surface area contributed by atoms with Crippen molar-refractivity contribution in [1.82, 2.24) is 4.98 Å². The van der Waals surface area contributed by atoms with Crippen molar-refractivity contribution in [3.63, 3.8) is 0 Å². The first-order valence-electron chi connectivity index (χ1n) is 4.98. The van der Waals surface area contributed by atoms with Crippen molar-refractivity contribution in [1.29, 1.82) is 0 Å². The van der Waals surface area contributed by atoms with E-state index in [1.165, 1.54) is 24.6 Å². The second-order valence-electron chi connectivity index (χ2n) is 3.28. The number of carbonyl (C=O) groups is 1. The lowest BCUT2D eigenvalue weighted by molar-refractivity contribution is 0.0606. The Kier molecular flexibility index (Phi) is 5.62. The molecule has 0 fully saturated rings. The molecule has 6 heteroatoms. The van der Waals surface area contributed by atoms with E-state index in [0.29, 0.717) is 10.1 Å². The van der Waals surface area contributed by atoms with Gasteiger partial charge in [0.15, 0.2) is 5.13 Å². The first kappa shape index (κ1) is 13.3. The van der Waals surface area contributed by atoms with Gasteiger partial charge < -0.3 is 10.1 Å². The van der Waals surface area contributed by atoms with Crippen molar-refractivity contribution in [2.75, 3.05) is 25.2 Å². The normalized spacial score (nSPS) is 12.2. The van der Waals surface area contributed by atoms with Crippen molar-refractivity contribution in [3.05, 3.63) is 11.1 Å². The zero-order valence-electron chi connectivity index (χ0n) is 9.65. The Morgan fingerprint density at radius 2 is 2.50 bits per heavy atom. The summed E-state index contributed by atoms with van der Waals surface area (Å²) in [7, 11) is 1.37. The molecule has 0 amide bonds. The number of nitrogens with one attached hydrogen (secondary N) is 1. The van der Waals surface area contributed by atoms with E-state index in [0.717, 1.165) is 18.1 Å². The van der Waals surface area contributed by atoms with Gasteiger partial charge in [-0.1, -0.05) is 18.3 Å². The Bertz CT molecular complexity index is 341. The highest BCUT2D eigenvalue weighted by atomic mass is 32.2. The van der Waals surface area contributed by atoms with Crippen LogP contribution in [0, 0.1) is 0 Å². The number of carbonyl (C=O) groups excluding carboxylic acids is 1. The molecule has 4 nitrogen and oxygen atoms in total. The molecule has 1 atom stereocenters. The van der Waals surface area contributed by atoms with E-state index < -0.39 is 0 Å². The first-order valence-corrected chi connectivity index (χ1v) is 7.08. The summed E-state index contributed by atoms with van der Waals surface area (Å²) in [6, 6.07) is 0. The number of nitrogens with zero attached hydrogens (tertiary/aromatic N) is 1. The molecule has 1 N–H and O–H groups in total. The number of aromatic nitrogens is 1. The quantitative estimate of drug-likeness (QED) is 0.796. The monoisotopic (exact) mass is 260 g/mol. The molecule has 0 aliphatic heterocycles. The van der Waals surface area contributed by atoms with Crippen molar-refractivity contribution in [2.24, 2.45) is 0 Å². The summed E-state index contributed by atoms with van der Waals surface area (Å²) in [5.41, 5.74) is 0. The van der Waals surface area contributed by atoms with Gasteiger partial charge in [0.05, 0.1) is 13.3 Å². The standard InChI is InChI=1S/C10H16N2O2S2/c1-7(15-3)4-5-11-10-12-6-8(16-10)9(13)14-2/h6-7H,4-5H2,1-3H3,(H,11,12). The fraction of sp³-hybridized carbons (Fsp3) is 0.600. The second kappa shape index (κ2) is 6.75. The Morgan fingerprint density at radius 3 is 3.12 bits per heavy atom. The highest BCUT2D eigenvalue weighted by molar-refractivity contribution is 7.99. The predicted molar refractivity (Wildman–Crippen MR) is 69.5 cm³/mol. The van der Waals surface area contributed by atoms with Crippen LogP contribution in [0.15, 0.2) is 6.20 Å². The van der Waals surface area contributed by atoms with Crippen LogP contribution >= 0.6 is 23.1 Å². The number of esters is 1. The van der Waals surface area contributed by atoms with Crippen LogP contribution in [0.3, 0.4) is 0 Å². The molecule has 1 aromatic heterocycles. The van der Waals surface area contributed by atoms with E-state index in [9.17, 15) is 4.79 Å². The fourth-order valence-corrected chi connectivity index (χ4v) is 2.16. The van der Waals surface area contributed by atoms with Gasteiger partial charge in [-0.25, -0.2) is 9.78 Å². The Hall–Kier alpha value is -0.750. The number of rotatable bonds is 6. The van der Waals surface area contributed by atoms with Crippen LogP contribution in [0.2, 0.25) is 0 Å². The lowest BCUT2D eigenvalue weighted by Gasteiger charge is -2.07. The topological polar surface area (TPSA) is 51.2 Å². The molecule has 1 rings (SSSR count). The first-order chi connectivity index (χ1) is 7.67. The number of hydrogen-bond acceptors (Lipinski definition) is 6. The van der Waals surface area contributed by atoms with Gasteiger partial charge in [-0.15, -0.1) is 0 Å². The molecule has 0 spiro atoms. The second-order valence-corrected chi connectivity index (χ2v) is 5.59. The number of hydrogen-bond donors (Lipinski definition) is 1. The molecule has 1 unspecified atom stereocenters. The molecule has 0 saturated carbocycles. The highest BCUT2D eigenvalue weighted by Gasteiger charge is 2.10. The average molecular weight is 260 g/mol. The molecule has 0 aromatic carbocycles. The molecule has 1 aromatic rings. The molecule has 1 heterocycles. The summed E-state index contributed by atoms with van der Waals surface area (Å²) in [4.78, 5) is 15.8. The maximum Gasteiger partial charge on any atom is 0.349 e. The Morgan fingerprint density at radius 1 is 1.75 bits per heavy atom. The molecular formula is C10H16N2O2S2. The van der Waals surface area contributed by atoms with E-state index in [1.807, 2.05) is 11.8 Å². The van der Waals surface area contributed by atoms with Crippen LogP contribution in [0.1, 0.15) is 23.0 Å². The number of ether oxygens (including phenoxy) is 1. The zero-order valence-corrected chi connectivity index (χ0v) is 11.3. The van der Waals surface area contributed by atoms with Crippen molar-refractivity contribution in [2.45, 2.75) is 18.6 Å². The highest BCUT2D eigenvalue weighted by Crippen LogP contribution is 2.19. The van der Waals surface area contributed by atoms with E-state index in [-0.39, 0.29) is 5.97 Å². The van der Waals surface area contributed by atoms with E-state index in [4.69, 9.17) is 0 Å². The molecular weight excluding hydrogens is 244 g/mol. The van der Waals surface area contributed by atoms with Gasteiger partial charge in [0.25, 0.3) is 0 Å². The third-order valence-corrected chi connectivity index (χ3v) is 4.10. The number of thiazole rings is 1. The fourth-order valence-electron chi connectivity index (χ4n) is 1.05. The third kappa shape index (κ3) is 4.02. The van der Waals surface area contributed by atoms with Gasteiger partial charge in [-0.2, -0.15) is 11.8 Å². The molecule has 0 bridgehead atoms. The Labute approximate surface area is 104 Å². The van der Waals surface area contributed by atoms with Crippen LogP contribution in [0.25, 0.3) is 0 Å². The smallest absolute Gasteiger partial charge is 0.349 e. The number of anilines is 1. The average Bonchev–Trinajstić information content (AvgIpc) is 2.76. The predicted octanol–water partition coefficient (Wildman–Crippen LogP) is 2.48. The molecule has 0 radical (unpaired) electrons. The van der Waals surface area contributed by atoms with Crippen LogP contribution < -0.4 is 5.32 Å². The summed E-state index contributed by atoms with van der Waals surface area (Å²) in [6.07, 6.45) is 4.72. The zero-order chi connectivity index (χ0) is 12.0. The summed E-state index contributed by atoms with van der Waals surface area (Å²) in [5.74, 6) is -0.331. The maximum absolute atomic E-state index is 11.2. The summed E-state index contributed by atoms with van der Waals surface area (Å²) in [6.45, 7) is 3.06. The van der Waals surface area contributed by atoms with Gasteiger partial charge >= 0.3 is 5.97 Å². The minimum atomic E-state index is -0.331. The van der Waals surface area contributed by atoms with Crippen LogP contribution in [-0.2, 0) is 4.74 Å². The van der Waals surface area contributed by atoms with E-state index in [2.05, 4.69) is 28.2 Å². The van der Waals surface area contributed by atoms with Gasteiger partial charge in [0.1, 0.15) is 4.88 Å². The summed E-state index contributed by atoms with van der Waals surface area (Å²) < 4.78 is 4.61. The minimum Gasteiger partial charge on any atom is -0.465 e. The third-order valence-electron chi connectivity index (χ3n) is 2.12. The van der Waals surface area contributed by atoms with Crippen LogP contribution in [0.4, 0.5) is 5.13 Å². The van der Waals surface area contributed by atoms with Gasteiger partial charge in [0, 0.05) is 11.8 Å². The van der Waals surface area contributed by atoms with Gasteiger partial charge in [0.2, 0.25) is 0 Å². The van der Waals surface area contributed by atoms with Gasteiger partial charge in [-0.3, -0.25) is 0 Å².